The summed E-state index contributed by atoms with van der Waals surface area (Å²) in [6, 6.07) is 15.8. The Kier molecular flexibility index (Phi) is 6.66. The average Bonchev–Trinajstić information content (AvgIpc) is 2.54. The SMILES string of the molecule is CCOC(=O)C(CC)c1cc(Br)cc(OCc2ccccc2)c1. The van der Waals surface area contributed by atoms with Crippen molar-refractivity contribution in [1.82, 2.24) is 0 Å². The Hall–Kier alpha value is -1.81. The molecule has 0 radical (unpaired) electrons. The molecule has 23 heavy (non-hydrogen) atoms. The molecule has 0 spiro atoms. The number of carbonyl (C=O) groups is 1. The number of halogens is 1. The first kappa shape index (κ1) is 17.5. The summed E-state index contributed by atoms with van der Waals surface area (Å²) < 4.78 is 11.9. The van der Waals surface area contributed by atoms with Crippen LogP contribution in [0.4, 0.5) is 0 Å². The Morgan fingerprint density at radius 3 is 2.52 bits per heavy atom. The normalized spacial score (nSPS) is 11.8. The minimum absolute atomic E-state index is 0.192. The van der Waals surface area contributed by atoms with Crippen LogP contribution in [-0.2, 0) is 16.1 Å². The van der Waals surface area contributed by atoms with E-state index in [-0.39, 0.29) is 11.9 Å². The lowest BCUT2D eigenvalue weighted by atomic mass is 9.96. The molecule has 0 aromatic heterocycles. The maximum absolute atomic E-state index is 12.1. The average molecular weight is 377 g/mol. The Morgan fingerprint density at radius 2 is 1.87 bits per heavy atom. The molecule has 122 valence electrons. The van der Waals surface area contributed by atoms with E-state index in [2.05, 4.69) is 15.9 Å². The highest BCUT2D eigenvalue weighted by Crippen LogP contribution is 2.29. The van der Waals surface area contributed by atoms with E-state index in [0.717, 1.165) is 21.3 Å². The van der Waals surface area contributed by atoms with Crippen molar-refractivity contribution in [2.24, 2.45) is 0 Å². The first-order valence-corrected chi connectivity index (χ1v) is 8.57. The number of benzene rings is 2. The molecule has 0 saturated heterocycles. The minimum atomic E-state index is -0.272. The Bertz CT molecular complexity index is 640. The molecule has 1 atom stereocenters. The maximum atomic E-state index is 12.1. The van der Waals surface area contributed by atoms with Gasteiger partial charge in [0.1, 0.15) is 12.4 Å². The summed E-state index contributed by atoms with van der Waals surface area (Å²) in [6.45, 7) is 4.68. The zero-order valence-electron chi connectivity index (χ0n) is 13.4. The van der Waals surface area contributed by atoms with Gasteiger partial charge in [-0.15, -0.1) is 0 Å². The largest absolute Gasteiger partial charge is 0.489 e. The minimum Gasteiger partial charge on any atom is -0.489 e. The highest BCUT2D eigenvalue weighted by molar-refractivity contribution is 9.10. The van der Waals surface area contributed by atoms with E-state index < -0.39 is 0 Å². The molecule has 0 fully saturated rings. The van der Waals surface area contributed by atoms with Crippen LogP contribution in [0.5, 0.6) is 5.75 Å². The lowest BCUT2D eigenvalue weighted by Gasteiger charge is -2.16. The molecule has 0 bridgehead atoms. The molecule has 0 aliphatic carbocycles. The first-order valence-electron chi connectivity index (χ1n) is 7.77. The van der Waals surface area contributed by atoms with E-state index in [4.69, 9.17) is 9.47 Å². The van der Waals surface area contributed by atoms with Gasteiger partial charge in [0, 0.05) is 4.47 Å². The standard InChI is InChI=1S/C19H21BrO3/c1-3-18(19(21)22-4-2)15-10-16(20)12-17(11-15)23-13-14-8-6-5-7-9-14/h5-12,18H,3-4,13H2,1-2H3. The van der Waals surface area contributed by atoms with Gasteiger partial charge in [0.2, 0.25) is 0 Å². The lowest BCUT2D eigenvalue weighted by molar-refractivity contribution is -0.145. The van der Waals surface area contributed by atoms with Gasteiger partial charge in [0.05, 0.1) is 12.5 Å². The predicted octanol–water partition coefficient (Wildman–Crippen LogP) is 5.08. The van der Waals surface area contributed by atoms with Crippen molar-refractivity contribution in [2.75, 3.05) is 6.61 Å². The smallest absolute Gasteiger partial charge is 0.313 e. The zero-order valence-corrected chi connectivity index (χ0v) is 15.0. The van der Waals surface area contributed by atoms with E-state index in [0.29, 0.717) is 19.6 Å². The lowest BCUT2D eigenvalue weighted by Crippen LogP contribution is -2.15. The summed E-state index contributed by atoms with van der Waals surface area (Å²) in [6.07, 6.45) is 0.688. The van der Waals surface area contributed by atoms with Crippen LogP contribution in [0.15, 0.2) is 53.0 Å². The number of rotatable bonds is 7. The fourth-order valence-corrected chi connectivity index (χ4v) is 2.88. The van der Waals surface area contributed by atoms with Crippen molar-refractivity contribution in [2.45, 2.75) is 32.8 Å². The predicted molar refractivity (Wildman–Crippen MR) is 94.6 cm³/mol. The molecule has 4 heteroatoms. The van der Waals surface area contributed by atoms with Crippen molar-refractivity contribution in [3.63, 3.8) is 0 Å². The second-order valence-electron chi connectivity index (χ2n) is 5.21. The summed E-state index contributed by atoms with van der Waals surface area (Å²) in [5, 5.41) is 0. The topological polar surface area (TPSA) is 35.5 Å². The van der Waals surface area contributed by atoms with Gasteiger partial charge in [0.25, 0.3) is 0 Å². The van der Waals surface area contributed by atoms with Crippen molar-refractivity contribution in [3.8, 4) is 5.75 Å². The van der Waals surface area contributed by atoms with Crippen molar-refractivity contribution in [3.05, 3.63) is 64.1 Å². The summed E-state index contributed by atoms with van der Waals surface area (Å²) in [7, 11) is 0. The second-order valence-corrected chi connectivity index (χ2v) is 6.12. The molecule has 0 N–H and O–H groups in total. The van der Waals surface area contributed by atoms with Crippen LogP contribution in [0.2, 0.25) is 0 Å². The number of hydrogen-bond acceptors (Lipinski definition) is 3. The summed E-state index contributed by atoms with van der Waals surface area (Å²) >= 11 is 3.49. The Morgan fingerprint density at radius 1 is 1.13 bits per heavy atom. The quantitative estimate of drug-likeness (QED) is 0.631. The molecule has 0 aliphatic heterocycles. The molecular weight excluding hydrogens is 356 g/mol. The fraction of sp³-hybridized carbons (Fsp3) is 0.316. The molecule has 2 aromatic rings. The van der Waals surface area contributed by atoms with E-state index in [1.165, 1.54) is 0 Å². The molecule has 0 amide bonds. The van der Waals surface area contributed by atoms with Crippen LogP contribution in [0.3, 0.4) is 0 Å². The third kappa shape index (κ3) is 5.10. The molecule has 0 heterocycles. The number of ether oxygens (including phenoxy) is 2. The van der Waals surface area contributed by atoms with Crippen LogP contribution in [0, 0.1) is 0 Å². The molecule has 0 saturated carbocycles. The Balaban J connectivity index is 2.16. The molecule has 1 unspecified atom stereocenters. The third-order valence-electron chi connectivity index (χ3n) is 3.52. The first-order chi connectivity index (χ1) is 11.1. The molecule has 3 nitrogen and oxygen atoms in total. The van der Waals surface area contributed by atoms with Gasteiger partial charge in [-0.3, -0.25) is 4.79 Å². The number of hydrogen-bond donors (Lipinski definition) is 0. The van der Waals surface area contributed by atoms with Crippen LogP contribution in [0.25, 0.3) is 0 Å². The van der Waals surface area contributed by atoms with Crippen molar-refractivity contribution in [1.29, 1.82) is 0 Å². The highest BCUT2D eigenvalue weighted by Gasteiger charge is 2.21. The second kappa shape index (κ2) is 8.73. The van der Waals surface area contributed by atoms with Crippen LogP contribution < -0.4 is 4.74 Å². The van der Waals surface area contributed by atoms with Gasteiger partial charge in [-0.05, 0) is 42.7 Å². The number of carbonyl (C=O) groups excluding carboxylic acids is 1. The van der Waals surface area contributed by atoms with E-state index in [1.807, 2.05) is 62.4 Å². The Labute approximate surface area is 145 Å². The summed E-state index contributed by atoms with van der Waals surface area (Å²) in [5.74, 6) is 0.273. The monoisotopic (exact) mass is 376 g/mol. The van der Waals surface area contributed by atoms with Gasteiger partial charge in [-0.25, -0.2) is 0 Å². The van der Waals surface area contributed by atoms with Gasteiger partial charge >= 0.3 is 5.97 Å². The van der Waals surface area contributed by atoms with Crippen molar-refractivity contribution >= 4 is 21.9 Å². The van der Waals surface area contributed by atoms with Crippen LogP contribution in [-0.4, -0.2) is 12.6 Å². The van der Waals surface area contributed by atoms with Gasteiger partial charge < -0.3 is 9.47 Å². The van der Waals surface area contributed by atoms with Gasteiger partial charge in [0.15, 0.2) is 0 Å². The highest BCUT2D eigenvalue weighted by atomic mass is 79.9. The van der Waals surface area contributed by atoms with Crippen LogP contribution >= 0.6 is 15.9 Å². The van der Waals surface area contributed by atoms with E-state index in [9.17, 15) is 4.79 Å². The third-order valence-corrected chi connectivity index (χ3v) is 3.98. The maximum Gasteiger partial charge on any atom is 0.313 e. The molecular formula is C19H21BrO3. The number of esters is 1. The summed E-state index contributed by atoms with van der Waals surface area (Å²) in [4.78, 5) is 12.1. The van der Waals surface area contributed by atoms with Gasteiger partial charge in [-0.1, -0.05) is 53.2 Å². The van der Waals surface area contributed by atoms with Crippen LogP contribution in [0.1, 0.15) is 37.3 Å². The van der Waals surface area contributed by atoms with Crippen molar-refractivity contribution < 1.29 is 14.3 Å². The zero-order chi connectivity index (χ0) is 16.7. The summed E-state index contributed by atoms with van der Waals surface area (Å²) in [5.41, 5.74) is 2.01. The molecule has 2 rings (SSSR count). The fourth-order valence-electron chi connectivity index (χ4n) is 2.39. The van der Waals surface area contributed by atoms with E-state index >= 15 is 0 Å². The van der Waals surface area contributed by atoms with Gasteiger partial charge in [-0.2, -0.15) is 0 Å². The molecule has 2 aromatic carbocycles. The molecule has 0 aliphatic rings. The van der Waals surface area contributed by atoms with E-state index in [1.54, 1.807) is 0 Å².